The topological polar surface area (TPSA) is 37.3 Å². The van der Waals surface area contributed by atoms with Gasteiger partial charge in [0.2, 0.25) is 0 Å². The van der Waals surface area contributed by atoms with Gasteiger partial charge in [-0.3, -0.25) is 4.79 Å². The predicted octanol–water partition coefficient (Wildman–Crippen LogP) is 1.83. The summed E-state index contributed by atoms with van der Waals surface area (Å²) in [5.74, 6) is -0.215. The Morgan fingerprint density at radius 2 is 2.15 bits per heavy atom. The van der Waals surface area contributed by atoms with Gasteiger partial charge in [-0.25, -0.2) is 0 Å². The van der Waals surface area contributed by atoms with Crippen molar-refractivity contribution in [1.82, 2.24) is 0 Å². The quantitative estimate of drug-likeness (QED) is 0.805. The molecule has 70 valence electrons. The number of benzene rings is 1. The van der Waals surface area contributed by atoms with Crippen LogP contribution in [0.5, 0.6) is 0 Å². The van der Waals surface area contributed by atoms with Crippen molar-refractivity contribution in [3.8, 4) is 0 Å². The number of carbonyl (C=O) groups excluding carboxylic acids is 1. The molecule has 1 atom stereocenters. The third kappa shape index (κ3) is 2.83. The summed E-state index contributed by atoms with van der Waals surface area (Å²) in [5.41, 5.74) is 0.759. The summed E-state index contributed by atoms with van der Waals surface area (Å²) < 4.78 is 0. The van der Waals surface area contributed by atoms with Crippen molar-refractivity contribution < 1.29 is 9.90 Å². The highest BCUT2D eigenvalue weighted by molar-refractivity contribution is 6.31. The normalized spacial score (nSPS) is 12.5. The largest absolute Gasteiger partial charge is 0.386 e. The van der Waals surface area contributed by atoms with Gasteiger partial charge in [0.1, 0.15) is 6.10 Å². The summed E-state index contributed by atoms with van der Waals surface area (Å²) in [5, 5.41) is 9.55. The Bertz CT molecular complexity index is 308. The minimum absolute atomic E-state index is 0.192. The molecule has 2 nitrogen and oxygen atoms in total. The molecule has 0 bridgehead atoms. The van der Waals surface area contributed by atoms with Gasteiger partial charge in [-0.15, -0.1) is 0 Å². The van der Waals surface area contributed by atoms with Crippen LogP contribution in [-0.2, 0) is 11.2 Å². The van der Waals surface area contributed by atoms with Crippen molar-refractivity contribution in [2.24, 2.45) is 0 Å². The van der Waals surface area contributed by atoms with E-state index < -0.39 is 6.10 Å². The Hall–Kier alpha value is -0.860. The van der Waals surface area contributed by atoms with Gasteiger partial charge in [0.05, 0.1) is 0 Å². The molecule has 1 unspecified atom stereocenters. The molecule has 0 saturated heterocycles. The summed E-state index contributed by atoms with van der Waals surface area (Å²) in [6, 6.07) is 7.13. The van der Waals surface area contributed by atoms with Gasteiger partial charge < -0.3 is 5.11 Å². The van der Waals surface area contributed by atoms with E-state index in [1.165, 1.54) is 6.92 Å². The van der Waals surface area contributed by atoms with E-state index >= 15 is 0 Å². The summed E-state index contributed by atoms with van der Waals surface area (Å²) in [6.45, 7) is 1.46. The number of carbonyl (C=O) groups is 1. The van der Waals surface area contributed by atoms with E-state index in [-0.39, 0.29) is 12.2 Å². The fraction of sp³-hybridized carbons (Fsp3) is 0.300. The standard InChI is InChI=1S/C10H11ClO2/c1-7(12)10(13)6-8-4-2-3-5-9(8)11/h2-5,7,12H,6H2,1H3. The Kier molecular flexibility index (Phi) is 3.46. The first-order chi connectivity index (χ1) is 6.11. The lowest BCUT2D eigenvalue weighted by Crippen LogP contribution is -2.18. The molecule has 0 radical (unpaired) electrons. The molecule has 13 heavy (non-hydrogen) atoms. The van der Waals surface area contributed by atoms with Crippen molar-refractivity contribution in [3.63, 3.8) is 0 Å². The van der Waals surface area contributed by atoms with E-state index in [1.807, 2.05) is 6.07 Å². The minimum atomic E-state index is -0.920. The SMILES string of the molecule is CC(O)C(=O)Cc1ccccc1Cl. The van der Waals surface area contributed by atoms with Crippen LogP contribution in [0.15, 0.2) is 24.3 Å². The van der Waals surface area contributed by atoms with Crippen molar-refractivity contribution in [2.75, 3.05) is 0 Å². The van der Waals surface area contributed by atoms with Crippen molar-refractivity contribution in [2.45, 2.75) is 19.4 Å². The van der Waals surface area contributed by atoms with Crippen LogP contribution in [0.1, 0.15) is 12.5 Å². The highest BCUT2D eigenvalue weighted by Crippen LogP contribution is 2.15. The van der Waals surface area contributed by atoms with E-state index in [4.69, 9.17) is 16.7 Å². The molecule has 0 aliphatic rings. The lowest BCUT2D eigenvalue weighted by molar-refractivity contribution is -0.125. The van der Waals surface area contributed by atoms with Gasteiger partial charge in [-0.1, -0.05) is 29.8 Å². The van der Waals surface area contributed by atoms with Crippen molar-refractivity contribution >= 4 is 17.4 Å². The zero-order valence-electron chi connectivity index (χ0n) is 7.33. The highest BCUT2D eigenvalue weighted by atomic mass is 35.5. The van der Waals surface area contributed by atoms with Gasteiger partial charge in [0.25, 0.3) is 0 Å². The monoisotopic (exact) mass is 198 g/mol. The lowest BCUT2D eigenvalue weighted by atomic mass is 10.1. The second-order valence-electron chi connectivity index (χ2n) is 2.91. The molecule has 0 spiro atoms. The molecule has 0 aliphatic carbocycles. The van der Waals surface area contributed by atoms with E-state index in [0.717, 1.165) is 5.56 Å². The van der Waals surface area contributed by atoms with Crippen LogP contribution < -0.4 is 0 Å². The maximum absolute atomic E-state index is 11.2. The van der Waals surface area contributed by atoms with Crippen LogP contribution in [0.4, 0.5) is 0 Å². The van der Waals surface area contributed by atoms with Crippen LogP contribution in [0, 0.1) is 0 Å². The molecule has 0 heterocycles. The maximum Gasteiger partial charge on any atom is 0.165 e. The Balaban J connectivity index is 2.75. The molecule has 0 fully saturated rings. The summed E-state index contributed by atoms with van der Waals surface area (Å²) >= 11 is 5.84. The van der Waals surface area contributed by atoms with Crippen LogP contribution in [0.3, 0.4) is 0 Å². The third-order valence-electron chi connectivity index (χ3n) is 1.79. The number of aliphatic hydroxyl groups is 1. The zero-order chi connectivity index (χ0) is 9.84. The molecule has 3 heteroatoms. The molecule has 0 amide bonds. The van der Waals surface area contributed by atoms with Gasteiger partial charge >= 0.3 is 0 Å². The average molecular weight is 199 g/mol. The van der Waals surface area contributed by atoms with Crippen molar-refractivity contribution in [1.29, 1.82) is 0 Å². The lowest BCUT2D eigenvalue weighted by Gasteiger charge is -2.04. The number of halogens is 1. The van der Waals surface area contributed by atoms with Crippen LogP contribution in [-0.4, -0.2) is 17.0 Å². The van der Waals surface area contributed by atoms with Crippen LogP contribution in [0.2, 0.25) is 5.02 Å². The molecular formula is C10H11ClO2. The van der Waals surface area contributed by atoms with Crippen molar-refractivity contribution in [3.05, 3.63) is 34.9 Å². The minimum Gasteiger partial charge on any atom is -0.386 e. The number of Topliss-reactive ketones (excluding diaryl/α,β-unsaturated/α-hetero) is 1. The summed E-state index contributed by atoms with van der Waals surface area (Å²) in [4.78, 5) is 11.2. The zero-order valence-corrected chi connectivity index (χ0v) is 8.08. The fourth-order valence-corrected chi connectivity index (χ4v) is 1.18. The van der Waals surface area contributed by atoms with E-state index in [2.05, 4.69) is 0 Å². The third-order valence-corrected chi connectivity index (χ3v) is 2.16. The number of hydrogen-bond donors (Lipinski definition) is 1. The molecule has 0 saturated carbocycles. The van der Waals surface area contributed by atoms with Crippen LogP contribution in [0.25, 0.3) is 0 Å². The summed E-state index contributed by atoms with van der Waals surface area (Å²) in [6.07, 6.45) is -0.728. The van der Waals surface area contributed by atoms with E-state index in [1.54, 1.807) is 18.2 Å². The smallest absolute Gasteiger partial charge is 0.165 e. The Labute approximate surface area is 82.2 Å². The molecule has 1 rings (SSSR count). The molecule has 1 aromatic carbocycles. The molecule has 0 aromatic heterocycles. The first-order valence-electron chi connectivity index (χ1n) is 4.05. The number of ketones is 1. The molecule has 0 aliphatic heterocycles. The second kappa shape index (κ2) is 4.40. The van der Waals surface area contributed by atoms with Gasteiger partial charge in [0, 0.05) is 11.4 Å². The first-order valence-corrected chi connectivity index (χ1v) is 4.43. The Morgan fingerprint density at radius 3 is 2.69 bits per heavy atom. The molecule has 1 N–H and O–H groups in total. The number of hydrogen-bond acceptors (Lipinski definition) is 2. The molecule has 1 aromatic rings. The van der Waals surface area contributed by atoms with E-state index in [0.29, 0.717) is 5.02 Å². The van der Waals surface area contributed by atoms with Gasteiger partial charge in [-0.05, 0) is 18.6 Å². The average Bonchev–Trinajstić information content (AvgIpc) is 2.08. The van der Waals surface area contributed by atoms with E-state index in [9.17, 15) is 4.79 Å². The van der Waals surface area contributed by atoms with Gasteiger partial charge in [-0.2, -0.15) is 0 Å². The molecular weight excluding hydrogens is 188 g/mol. The predicted molar refractivity (Wildman–Crippen MR) is 51.8 cm³/mol. The summed E-state index contributed by atoms with van der Waals surface area (Å²) in [7, 11) is 0. The van der Waals surface area contributed by atoms with Gasteiger partial charge in [0.15, 0.2) is 5.78 Å². The first kappa shape index (κ1) is 10.2. The maximum atomic E-state index is 11.2. The Morgan fingerprint density at radius 1 is 1.54 bits per heavy atom. The number of aliphatic hydroxyl groups excluding tert-OH is 1. The fourth-order valence-electron chi connectivity index (χ4n) is 0.977. The number of rotatable bonds is 3. The second-order valence-corrected chi connectivity index (χ2v) is 3.32. The van der Waals surface area contributed by atoms with Crippen LogP contribution >= 0.6 is 11.6 Å². The highest BCUT2D eigenvalue weighted by Gasteiger charge is 2.11.